The Balaban J connectivity index is 1.78. The molecule has 1 aromatic heterocycles. The second-order valence-electron chi connectivity index (χ2n) is 7.91. The van der Waals surface area contributed by atoms with E-state index in [1.807, 2.05) is 51.1 Å². The van der Waals surface area contributed by atoms with E-state index in [0.29, 0.717) is 10.7 Å². The van der Waals surface area contributed by atoms with Crippen LogP contribution in [0.1, 0.15) is 47.3 Å². The maximum atomic E-state index is 12.8. The van der Waals surface area contributed by atoms with Gasteiger partial charge in [-0.3, -0.25) is 10.1 Å². The molecule has 0 saturated carbocycles. The lowest BCUT2D eigenvalue weighted by atomic mass is 9.98. The molecule has 0 spiro atoms. The van der Waals surface area contributed by atoms with E-state index in [1.54, 1.807) is 19.1 Å². The van der Waals surface area contributed by atoms with Gasteiger partial charge in [0.15, 0.2) is 0 Å². The minimum absolute atomic E-state index is 0.0683. The Kier molecular flexibility index (Phi) is 6.35. The Morgan fingerprint density at radius 1 is 1.07 bits per heavy atom. The van der Waals surface area contributed by atoms with E-state index in [0.717, 1.165) is 10.6 Å². The van der Waals surface area contributed by atoms with Crippen LogP contribution in [0.3, 0.4) is 0 Å². The standard InChI is InChI=1S/C21H24N4O3S2/c1-14-10-11-16(18(26)23-20-25-24-19(29-20)21(2,3)4)12-17(14)30(27,28)22-13-15-8-6-5-7-9-15/h5-12,22H,13H2,1-4H3,(H,23,25,26). The molecular weight excluding hydrogens is 420 g/mol. The van der Waals surface area contributed by atoms with Crippen LogP contribution >= 0.6 is 11.3 Å². The van der Waals surface area contributed by atoms with Crippen molar-refractivity contribution in [1.29, 1.82) is 0 Å². The fourth-order valence-corrected chi connectivity index (χ4v) is 4.71. The number of nitrogens with zero attached hydrogens (tertiary/aromatic N) is 2. The van der Waals surface area contributed by atoms with Crippen LogP contribution in [-0.2, 0) is 22.0 Å². The molecular formula is C21H24N4O3S2. The van der Waals surface area contributed by atoms with Crippen LogP contribution in [-0.4, -0.2) is 24.5 Å². The number of aryl methyl sites for hydroxylation is 1. The van der Waals surface area contributed by atoms with Gasteiger partial charge in [0, 0.05) is 17.5 Å². The van der Waals surface area contributed by atoms with Crippen LogP contribution in [0.25, 0.3) is 0 Å². The molecule has 7 nitrogen and oxygen atoms in total. The molecule has 1 amide bonds. The van der Waals surface area contributed by atoms with Crippen molar-refractivity contribution in [3.05, 3.63) is 70.2 Å². The molecule has 1 heterocycles. The zero-order valence-electron chi connectivity index (χ0n) is 17.3. The summed E-state index contributed by atoms with van der Waals surface area (Å²) in [6.45, 7) is 7.90. The molecule has 30 heavy (non-hydrogen) atoms. The fraction of sp³-hybridized carbons (Fsp3) is 0.286. The Labute approximate surface area is 180 Å². The summed E-state index contributed by atoms with van der Waals surface area (Å²) >= 11 is 1.30. The molecule has 3 aromatic rings. The fourth-order valence-electron chi connectivity index (χ4n) is 2.63. The highest BCUT2D eigenvalue weighted by molar-refractivity contribution is 7.89. The third-order valence-corrected chi connectivity index (χ3v) is 7.14. The van der Waals surface area contributed by atoms with Crippen molar-refractivity contribution in [3.8, 4) is 0 Å². The van der Waals surface area contributed by atoms with Crippen LogP contribution < -0.4 is 10.0 Å². The predicted molar refractivity (Wildman–Crippen MR) is 118 cm³/mol. The van der Waals surface area contributed by atoms with E-state index >= 15 is 0 Å². The lowest BCUT2D eigenvalue weighted by Crippen LogP contribution is -2.24. The van der Waals surface area contributed by atoms with Gasteiger partial charge in [0.05, 0.1) is 4.90 Å². The quantitative estimate of drug-likeness (QED) is 0.601. The lowest BCUT2D eigenvalue weighted by Gasteiger charge is -2.12. The molecule has 2 N–H and O–H groups in total. The Morgan fingerprint density at radius 2 is 1.77 bits per heavy atom. The molecule has 158 valence electrons. The van der Waals surface area contributed by atoms with Gasteiger partial charge in [0.1, 0.15) is 5.01 Å². The van der Waals surface area contributed by atoms with Crippen molar-refractivity contribution < 1.29 is 13.2 Å². The third-order valence-electron chi connectivity index (χ3n) is 4.34. The molecule has 0 aliphatic heterocycles. The van der Waals surface area contributed by atoms with E-state index in [2.05, 4.69) is 20.2 Å². The van der Waals surface area contributed by atoms with Crippen molar-refractivity contribution in [2.75, 3.05) is 5.32 Å². The van der Waals surface area contributed by atoms with Gasteiger partial charge in [-0.15, -0.1) is 10.2 Å². The number of nitrogens with one attached hydrogen (secondary N) is 2. The zero-order valence-corrected chi connectivity index (χ0v) is 18.9. The van der Waals surface area contributed by atoms with Gasteiger partial charge >= 0.3 is 0 Å². The molecule has 0 saturated heterocycles. The maximum Gasteiger partial charge on any atom is 0.257 e. The van der Waals surface area contributed by atoms with E-state index in [9.17, 15) is 13.2 Å². The number of benzene rings is 2. The van der Waals surface area contributed by atoms with Crippen molar-refractivity contribution in [2.24, 2.45) is 0 Å². The minimum atomic E-state index is -3.79. The first-order valence-electron chi connectivity index (χ1n) is 9.36. The number of carbonyl (C=O) groups excluding carboxylic acids is 1. The summed E-state index contributed by atoms with van der Waals surface area (Å²) in [5, 5.41) is 12.0. The summed E-state index contributed by atoms with van der Waals surface area (Å²) in [6.07, 6.45) is 0. The van der Waals surface area contributed by atoms with Gasteiger partial charge in [-0.1, -0.05) is 68.5 Å². The topological polar surface area (TPSA) is 101 Å². The highest BCUT2D eigenvalue weighted by Gasteiger charge is 2.22. The summed E-state index contributed by atoms with van der Waals surface area (Å²) < 4.78 is 28.2. The van der Waals surface area contributed by atoms with Crippen LogP contribution in [0.15, 0.2) is 53.4 Å². The van der Waals surface area contributed by atoms with Gasteiger partial charge in [0.2, 0.25) is 15.2 Å². The summed E-state index contributed by atoms with van der Waals surface area (Å²) in [6, 6.07) is 13.8. The molecule has 0 bridgehead atoms. The predicted octanol–water partition coefficient (Wildman–Crippen LogP) is 3.87. The van der Waals surface area contributed by atoms with Crippen molar-refractivity contribution in [2.45, 2.75) is 44.6 Å². The number of rotatable bonds is 6. The monoisotopic (exact) mass is 444 g/mol. The van der Waals surface area contributed by atoms with Crippen molar-refractivity contribution in [1.82, 2.24) is 14.9 Å². The summed E-state index contributed by atoms with van der Waals surface area (Å²) in [4.78, 5) is 12.7. The summed E-state index contributed by atoms with van der Waals surface area (Å²) in [7, 11) is -3.79. The van der Waals surface area contributed by atoms with E-state index in [-0.39, 0.29) is 22.4 Å². The number of sulfonamides is 1. The second-order valence-corrected chi connectivity index (χ2v) is 10.6. The molecule has 0 unspecified atom stereocenters. The molecule has 9 heteroatoms. The van der Waals surface area contributed by atoms with Crippen molar-refractivity contribution in [3.63, 3.8) is 0 Å². The Morgan fingerprint density at radius 3 is 2.40 bits per heavy atom. The lowest BCUT2D eigenvalue weighted by molar-refractivity contribution is 0.102. The first-order valence-corrected chi connectivity index (χ1v) is 11.7. The van der Waals surface area contributed by atoms with Gasteiger partial charge in [0.25, 0.3) is 5.91 Å². The zero-order chi connectivity index (χ0) is 21.9. The summed E-state index contributed by atoms with van der Waals surface area (Å²) in [5.41, 5.74) is 1.46. The molecule has 0 aliphatic rings. The molecule has 0 fully saturated rings. The average Bonchev–Trinajstić information content (AvgIpc) is 3.16. The van der Waals surface area contributed by atoms with E-state index in [1.165, 1.54) is 17.4 Å². The number of anilines is 1. The minimum Gasteiger partial charge on any atom is -0.296 e. The highest BCUT2D eigenvalue weighted by Crippen LogP contribution is 2.28. The van der Waals surface area contributed by atoms with Crippen LogP contribution in [0.5, 0.6) is 0 Å². The van der Waals surface area contributed by atoms with Gasteiger partial charge in [-0.2, -0.15) is 0 Å². The number of carbonyl (C=O) groups is 1. The van der Waals surface area contributed by atoms with E-state index in [4.69, 9.17) is 0 Å². The normalized spacial score (nSPS) is 12.0. The first-order chi connectivity index (χ1) is 14.1. The van der Waals surface area contributed by atoms with Crippen LogP contribution in [0, 0.1) is 6.92 Å². The molecule has 3 rings (SSSR count). The van der Waals surface area contributed by atoms with Crippen LogP contribution in [0.4, 0.5) is 5.13 Å². The number of hydrogen-bond acceptors (Lipinski definition) is 6. The third kappa shape index (κ3) is 5.29. The SMILES string of the molecule is Cc1ccc(C(=O)Nc2nnc(C(C)(C)C)s2)cc1S(=O)(=O)NCc1ccccc1. The molecule has 0 aliphatic carbocycles. The second kappa shape index (κ2) is 8.63. The molecule has 2 aromatic carbocycles. The highest BCUT2D eigenvalue weighted by atomic mass is 32.2. The van der Waals surface area contributed by atoms with Gasteiger partial charge in [-0.05, 0) is 30.2 Å². The van der Waals surface area contributed by atoms with Gasteiger partial charge < -0.3 is 0 Å². The smallest absolute Gasteiger partial charge is 0.257 e. The Hall–Kier alpha value is -2.62. The molecule has 0 radical (unpaired) electrons. The summed E-state index contributed by atoms with van der Waals surface area (Å²) in [5.74, 6) is -0.439. The van der Waals surface area contributed by atoms with Gasteiger partial charge in [-0.25, -0.2) is 13.1 Å². The van der Waals surface area contributed by atoms with Crippen molar-refractivity contribution >= 4 is 32.4 Å². The number of amides is 1. The molecule has 0 atom stereocenters. The number of hydrogen-bond donors (Lipinski definition) is 2. The first kappa shape index (κ1) is 22.1. The van der Waals surface area contributed by atoms with E-state index < -0.39 is 15.9 Å². The Bertz CT molecular complexity index is 1150. The van der Waals surface area contributed by atoms with Crippen LogP contribution in [0.2, 0.25) is 0 Å². The maximum absolute atomic E-state index is 12.8. The number of aromatic nitrogens is 2. The largest absolute Gasteiger partial charge is 0.296 e. The average molecular weight is 445 g/mol.